The lowest BCUT2D eigenvalue weighted by Gasteiger charge is -2.31. The number of nitrogens with one attached hydrogen (secondary N) is 1. The monoisotopic (exact) mass is 374 g/mol. The zero-order valence-corrected chi connectivity index (χ0v) is 15.9. The van der Waals surface area contributed by atoms with Crippen molar-refractivity contribution >= 4 is 0 Å². The van der Waals surface area contributed by atoms with Crippen LogP contribution in [0.25, 0.3) is 5.69 Å². The van der Waals surface area contributed by atoms with Crippen LogP contribution in [0, 0.1) is 5.41 Å². The summed E-state index contributed by atoms with van der Waals surface area (Å²) >= 11 is 0. The van der Waals surface area contributed by atoms with Gasteiger partial charge in [0.1, 0.15) is 0 Å². The van der Waals surface area contributed by atoms with E-state index < -0.39 is 17.3 Å². The standard InChI is InChI=1S/C20H24F2N4O/c1-18(2,3)12-15-13-23-17(25-15)20(21,22)19(4,27)14-6-8-16(9-7-14)26-11-5-10-24-26/h5-11,13,27H,12H2,1-4H3,(H,23,25). The van der Waals surface area contributed by atoms with Gasteiger partial charge < -0.3 is 10.1 Å². The van der Waals surface area contributed by atoms with Crippen LogP contribution in [0.4, 0.5) is 8.78 Å². The summed E-state index contributed by atoms with van der Waals surface area (Å²) in [6.07, 6.45) is 5.37. The van der Waals surface area contributed by atoms with Gasteiger partial charge in [-0.2, -0.15) is 13.9 Å². The Hall–Kier alpha value is -2.54. The number of aromatic nitrogens is 4. The van der Waals surface area contributed by atoms with Crippen LogP contribution in [0.5, 0.6) is 0 Å². The van der Waals surface area contributed by atoms with E-state index in [1.54, 1.807) is 35.3 Å². The molecule has 1 unspecified atom stereocenters. The van der Waals surface area contributed by atoms with Crippen molar-refractivity contribution in [3.63, 3.8) is 0 Å². The Labute approximate surface area is 157 Å². The Morgan fingerprint density at radius 1 is 1.11 bits per heavy atom. The highest BCUT2D eigenvalue weighted by molar-refractivity contribution is 5.37. The van der Waals surface area contributed by atoms with Gasteiger partial charge in [0, 0.05) is 24.3 Å². The average Bonchev–Trinajstić information content (AvgIpc) is 3.25. The van der Waals surface area contributed by atoms with Crippen LogP contribution in [0.3, 0.4) is 0 Å². The first-order valence-corrected chi connectivity index (χ1v) is 8.76. The van der Waals surface area contributed by atoms with Crippen molar-refractivity contribution in [3.8, 4) is 5.69 Å². The van der Waals surface area contributed by atoms with Crippen LogP contribution in [0.2, 0.25) is 0 Å². The number of hydrogen-bond donors (Lipinski definition) is 2. The molecule has 0 saturated heterocycles. The molecule has 3 aromatic rings. The molecule has 2 heterocycles. The fourth-order valence-corrected chi connectivity index (χ4v) is 2.95. The minimum atomic E-state index is -3.59. The highest BCUT2D eigenvalue weighted by Crippen LogP contribution is 2.44. The highest BCUT2D eigenvalue weighted by Gasteiger charge is 2.54. The molecule has 0 radical (unpaired) electrons. The van der Waals surface area contributed by atoms with E-state index in [4.69, 9.17) is 0 Å². The van der Waals surface area contributed by atoms with E-state index in [-0.39, 0.29) is 11.0 Å². The Balaban J connectivity index is 1.88. The average molecular weight is 374 g/mol. The maximum atomic E-state index is 15.1. The molecule has 0 aliphatic rings. The fourth-order valence-electron chi connectivity index (χ4n) is 2.95. The summed E-state index contributed by atoms with van der Waals surface area (Å²) in [6, 6.07) is 8.00. The molecule has 1 atom stereocenters. The van der Waals surface area contributed by atoms with Gasteiger partial charge in [-0.3, -0.25) is 0 Å². The summed E-state index contributed by atoms with van der Waals surface area (Å²) < 4.78 is 31.8. The maximum absolute atomic E-state index is 15.1. The predicted octanol–water partition coefficient (Wildman–Crippen LogP) is 4.18. The van der Waals surface area contributed by atoms with Crippen LogP contribution >= 0.6 is 0 Å². The summed E-state index contributed by atoms with van der Waals surface area (Å²) in [4.78, 5) is 6.53. The van der Waals surface area contributed by atoms with Crippen molar-refractivity contribution < 1.29 is 13.9 Å². The zero-order chi connectivity index (χ0) is 19.9. The SMILES string of the molecule is CC(C)(C)Cc1cnc(C(F)(F)C(C)(O)c2ccc(-n3cccn3)cc2)[nH]1. The van der Waals surface area contributed by atoms with Gasteiger partial charge in [-0.25, -0.2) is 9.67 Å². The van der Waals surface area contributed by atoms with E-state index in [0.717, 1.165) is 6.92 Å². The maximum Gasteiger partial charge on any atom is 0.336 e. The molecular weight excluding hydrogens is 350 g/mol. The lowest BCUT2D eigenvalue weighted by molar-refractivity contribution is -0.189. The molecule has 2 aromatic heterocycles. The van der Waals surface area contributed by atoms with E-state index in [2.05, 4.69) is 15.1 Å². The van der Waals surface area contributed by atoms with E-state index in [0.29, 0.717) is 17.8 Å². The third kappa shape index (κ3) is 3.78. The largest absolute Gasteiger partial charge is 0.379 e. The number of imidazole rings is 1. The molecule has 0 amide bonds. The normalized spacial score (nSPS) is 14.9. The van der Waals surface area contributed by atoms with Crippen molar-refractivity contribution in [3.05, 3.63) is 66.0 Å². The first-order valence-electron chi connectivity index (χ1n) is 8.76. The molecule has 144 valence electrons. The van der Waals surface area contributed by atoms with Gasteiger partial charge in [0.05, 0.1) is 5.69 Å². The van der Waals surface area contributed by atoms with Gasteiger partial charge in [-0.1, -0.05) is 32.9 Å². The van der Waals surface area contributed by atoms with Gasteiger partial charge in [0.2, 0.25) is 0 Å². The van der Waals surface area contributed by atoms with Gasteiger partial charge >= 0.3 is 5.92 Å². The molecule has 0 bridgehead atoms. The second-order valence-electron chi connectivity index (χ2n) is 8.14. The van der Waals surface area contributed by atoms with Crippen LogP contribution in [0.1, 0.15) is 44.8 Å². The minimum absolute atomic E-state index is 0.0655. The van der Waals surface area contributed by atoms with Crippen molar-refractivity contribution in [2.24, 2.45) is 5.41 Å². The molecule has 0 saturated carbocycles. The van der Waals surface area contributed by atoms with E-state index >= 15 is 8.78 Å². The smallest absolute Gasteiger partial charge is 0.336 e. The predicted molar refractivity (Wildman–Crippen MR) is 98.8 cm³/mol. The van der Waals surface area contributed by atoms with Crippen molar-refractivity contribution in [2.75, 3.05) is 0 Å². The number of alkyl halides is 2. The van der Waals surface area contributed by atoms with Crippen molar-refractivity contribution in [1.29, 1.82) is 0 Å². The summed E-state index contributed by atoms with van der Waals surface area (Å²) in [6.45, 7) is 7.15. The van der Waals surface area contributed by atoms with Gasteiger partial charge in [-0.15, -0.1) is 0 Å². The van der Waals surface area contributed by atoms with Gasteiger partial charge in [0.25, 0.3) is 0 Å². The zero-order valence-electron chi connectivity index (χ0n) is 15.9. The lowest BCUT2D eigenvalue weighted by Crippen LogP contribution is -2.41. The van der Waals surface area contributed by atoms with E-state index in [9.17, 15) is 5.11 Å². The first-order chi connectivity index (χ1) is 12.5. The van der Waals surface area contributed by atoms with E-state index in [1.807, 2.05) is 20.8 Å². The number of aliphatic hydroxyl groups is 1. The molecule has 27 heavy (non-hydrogen) atoms. The Morgan fingerprint density at radius 3 is 2.33 bits per heavy atom. The third-order valence-corrected chi connectivity index (χ3v) is 4.46. The number of benzene rings is 1. The molecule has 1 aromatic carbocycles. The summed E-state index contributed by atoms with van der Waals surface area (Å²) in [5.41, 5.74) is -1.07. The molecule has 0 aliphatic carbocycles. The number of rotatable bonds is 5. The number of nitrogens with zero attached hydrogens (tertiary/aromatic N) is 3. The van der Waals surface area contributed by atoms with Crippen LogP contribution in [-0.4, -0.2) is 24.9 Å². The third-order valence-electron chi connectivity index (χ3n) is 4.46. The number of halogens is 2. The van der Waals surface area contributed by atoms with Crippen molar-refractivity contribution in [1.82, 2.24) is 19.7 Å². The van der Waals surface area contributed by atoms with Gasteiger partial charge in [0.15, 0.2) is 11.4 Å². The summed E-state index contributed by atoms with van der Waals surface area (Å²) in [5.74, 6) is -4.13. The van der Waals surface area contributed by atoms with Gasteiger partial charge in [-0.05, 0) is 42.5 Å². The number of aromatic amines is 1. The first kappa shape index (κ1) is 19.2. The fraction of sp³-hybridized carbons (Fsp3) is 0.400. The highest BCUT2D eigenvalue weighted by atomic mass is 19.3. The lowest BCUT2D eigenvalue weighted by atomic mass is 9.88. The van der Waals surface area contributed by atoms with Crippen molar-refractivity contribution in [2.45, 2.75) is 45.6 Å². The Kier molecular flexibility index (Phi) is 4.67. The quantitative estimate of drug-likeness (QED) is 0.704. The molecule has 3 rings (SSSR count). The Morgan fingerprint density at radius 2 is 1.78 bits per heavy atom. The molecule has 5 nitrogen and oxygen atoms in total. The summed E-state index contributed by atoms with van der Waals surface area (Å²) in [7, 11) is 0. The van der Waals surface area contributed by atoms with E-state index in [1.165, 1.54) is 18.3 Å². The molecule has 2 N–H and O–H groups in total. The molecule has 0 fully saturated rings. The second-order valence-corrected chi connectivity index (χ2v) is 8.14. The molecule has 0 spiro atoms. The molecular formula is C20H24F2N4O. The minimum Gasteiger partial charge on any atom is -0.379 e. The van der Waals surface area contributed by atoms with Crippen LogP contribution in [0.15, 0.2) is 48.9 Å². The second kappa shape index (κ2) is 6.56. The number of hydrogen-bond acceptors (Lipinski definition) is 3. The topological polar surface area (TPSA) is 66.7 Å². The molecule has 7 heteroatoms. The summed E-state index contributed by atoms with van der Waals surface area (Å²) in [5, 5.41) is 14.8. The molecule has 0 aliphatic heterocycles. The van der Waals surface area contributed by atoms with Crippen LogP contribution < -0.4 is 0 Å². The number of H-pyrrole nitrogens is 1. The van der Waals surface area contributed by atoms with Crippen LogP contribution in [-0.2, 0) is 17.9 Å². The Bertz CT molecular complexity index is 891.